The number of nitrogens with one attached hydrogen (secondary N) is 2. The fraction of sp³-hybridized carbons (Fsp3) is 0.250. The van der Waals surface area contributed by atoms with Crippen molar-refractivity contribution in [3.63, 3.8) is 0 Å². The molecule has 26 heavy (non-hydrogen) atoms. The number of pyridine rings is 1. The van der Waals surface area contributed by atoms with Gasteiger partial charge in [0.05, 0.1) is 17.2 Å². The SMILES string of the molecule is CN[C@H]1C[C@@H](Nc2ncc3c(-c4ccc5ncccc5c4)ccn3n2)C1. The third-order valence-electron chi connectivity index (χ3n) is 5.21. The first-order valence-electron chi connectivity index (χ1n) is 8.93. The summed E-state index contributed by atoms with van der Waals surface area (Å²) >= 11 is 0. The Balaban J connectivity index is 1.45. The van der Waals surface area contributed by atoms with E-state index in [9.17, 15) is 0 Å². The van der Waals surface area contributed by atoms with E-state index in [0.29, 0.717) is 18.0 Å². The molecule has 4 aromatic rings. The van der Waals surface area contributed by atoms with Gasteiger partial charge >= 0.3 is 0 Å². The van der Waals surface area contributed by atoms with E-state index in [0.717, 1.165) is 40.4 Å². The first-order chi connectivity index (χ1) is 12.8. The predicted octanol–water partition coefficient (Wildman–Crippen LogP) is 3.11. The van der Waals surface area contributed by atoms with Crippen molar-refractivity contribution in [2.45, 2.75) is 24.9 Å². The highest BCUT2D eigenvalue weighted by atomic mass is 15.3. The summed E-state index contributed by atoms with van der Waals surface area (Å²) < 4.78 is 1.90. The fourth-order valence-electron chi connectivity index (χ4n) is 3.61. The maximum Gasteiger partial charge on any atom is 0.241 e. The summed E-state index contributed by atoms with van der Waals surface area (Å²) in [6.07, 6.45) is 7.92. The molecular weight excluding hydrogens is 324 g/mol. The number of aromatic nitrogens is 4. The molecule has 1 aromatic carbocycles. The van der Waals surface area contributed by atoms with Crippen molar-refractivity contribution < 1.29 is 0 Å². The molecular formula is C20H20N6. The highest BCUT2D eigenvalue weighted by Crippen LogP contribution is 2.28. The quantitative estimate of drug-likeness (QED) is 0.595. The first kappa shape index (κ1) is 15.3. The van der Waals surface area contributed by atoms with E-state index in [1.807, 2.05) is 36.2 Å². The number of hydrogen-bond acceptors (Lipinski definition) is 5. The van der Waals surface area contributed by atoms with Gasteiger partial charge in [-0.2, -0.15) is 0 Å². The molecule has 0 bridgehead atoms. The van der Waals surface area contributed by atoms with Crippen LogP contribution in [-0.4, -0.2) is 38.7 Å². The van der Waals surface area contributed by atoms with Gasteiger partial charge in [0, 0.05) is 35.4 Å². The van der Waals surface area contributed by atoms with Gasteiger partial charge in [-0.1, -0.05) is 12.1 Å². The van der Waals surface area contributed by atoms with E-state index >= 15 is 0 Å². The van der Waals surface area contributed by atoms with Gasteiger partial charge in [0.2, 0.25) is 5.95 Å². The molecule has 0 unspecified atom stereocenters. The zero-order valence-corrected chi connectivity index (χ0v) is 14.6. The molecule has 1 aliphatic carbocycles. The lowest BCUT2D eigenvalue weighted by Gasteiger charge is -2.35. The zero-order valence-electron chi connectivity index (χ0n) is 14.6. The van der Waals surface area contributed by atoms with Crippen molar-refractivity contribution >= 4 is 22.4 Å². The van der Waals surface area contributed by atoms with Crippen molar-refractivity contribution in [1.82, 2.24) is 24.9 Å². The second-order valence-electron chi connectivity index (χ2n) is 6.85. The molecule has 6 heteroatoms. The number of benzene rings is 1. The van der Waals surface area contributed by atoms with Crippen LogP contribution in [0.1, 0.15) is 12.8 Å². The van der Waals surface area contributed by atoms with E-state index in [2.05, 4.69) is 56.0 Å². The lowest BCUT2D eigenvalue weighted by molar-refractivity contribution is 0.325. The smallest absolute Gasteiger partial charge is 0.241 e. The fourth-order valence-corrected chi connectivity index (χ4v) is 3.61. The Morgan fingerprint density at radius 1 is 1.08 bits per heavy atom. The summed E-state index contributed by atoms with van der Waals surface area (Å²) in [6.45, 7) is 0. The lowest BCUT2D eigenvalue weighted by atomic mass is 9.87. The second kappa shape index (κ2) is 6.07. The van der Waals surface area contributed by atoms with Crippen LogP contribution < -0.4 is 10.6 Å². The lowest BCUT2D eigenvalue weighted by Crippen LogP contribution is -2.46. The third-order valence-corrected chi connectivity index (χ3v) is 5.21. The summed E-state index contributed by atoms with van der Waals surface area (Å²) in [5, 5.41) is 12.5. The van der Waals surface area contributed by atoms with Gasteiger partial charge in [0.25, 0.3) is 0 Å². The van der Waals surface area contributed by atoms with Crippen LogP contribution in [0.2, 0.25) is 0 Å². The molecule has 0 saturated heterocycles. The molecule has 0 amide bonds. The summed E-state index contributed by atoms with van der Waals surface area (Å²) in [5.41, 5.74) is 4.28. The summed E-state index contributed by atoms with van der Waals surface area (Å²) in [6, 6.07) is 13.5. The van der Waals surface area contributed by atoms with E-state index < -0.39 is 0 Å². The van der Waals surface area contributed by atoms with Crippen molar-refractivity contribution in [1.29, 1.82) is 0 Å². The Hall–Kier alpha value is -2.99. The van der Waals surface area contributed by atoms with Crippen LogP contribution in [0.4, 0.5) is 5.95 Å². The minimum Gasteiger partial charge on any atom is -0.350 e. The van der Waals surface area contributed by atoms with E-state index in [1.165, 1.54) is 0 Å². The van der Waals surface area contributed by atoms with Crippen LogP contribution >= 0.6 is 0 Å². The van der Waals surface area contributed by atoms with Gasteiger partial charge in [-0.05, 0) is 49.7 Å². The Morgan fingerprint density at radius 2 is 2.00 bits per heavy atom. The Bertz CT molecular complexity index is 1080. The molecule has 2 N–H and O–H groups in total. The third kappa shape index (κ3) is 2.59. The number of nitrogens with zero attached hydrogens (tertiary/aromatic N) is 4. The van der Waals surface area contributed by atoms with Gasteiger partial charge in [-0.3, -0.25) is 4.98 Å². The monoisotopic (exact) mass is 344 g/mol. The van der Waals surface area contributed by atoms with Crippen LogP contribution in [-0.2, 0) is 0 Å². The van der Waals surface area contributed by atoms with Gasteiger partial charge in [0.1, 0.15) is 0 Å². The van der Waals surface area contributed by atoms with Gasteiger partial charge in [-0.25, -0.2) is 9.50 Å². The second-order valence-corrected chi connectivity index (χ2v) is 6.85. The topological polar surface area (TPSA) is 67.1 Å². The minimum atomic E-state index is 0.452. The molecule has 0 aliphatic heterocycles. The molecule has 1 saturated carbocycles. The molecule has 0 spiro atoms. The molecule has 5 rings (SSSR count). The van der Waals surface area contributed by atoms with Crippen LogP contribution in [0.5, 0.6) is 0 Å². The highest BCUT2D eigenvalue weighted by molar-refractivity contribution is 5.88. The Kier molecular flexibility index (Phi) is 3.57. The van der Waals surface area contributed by atoms with Crippen molar-refractivity contribution in [3.8, 4) is 11.1 Å². The number of anilines is 1. The van der Waals surface area contributed by atoms with E-state index in [-0.39, 0.29) is 0 Å². The standard InChI is InChI=1S/C20H20N6/c1-21-15-10-16(11-15)24-20-23-12-19-17(6-8-26(19)25-20)13-4-5-18-14(9-13)3-2-7-22-18/h2-9,12,15-16,21H,10-11H2,1H3,(H,24,25)/t15-,16+. The summed E-state index contributed by atoms with van der Waals surface area (Å²) in [5.74, 6) is 0.682. The van der Waals surface area contributed by atoms with E-state index in [1.54, 1.807) is 0 Å². The van der Waals surface area contributed by atoms with Crippen molar-refractivity contribution in [3.05, 3.63) is 55.0 Å². The maximum absolute atomic E-state index is 4.62. The first-order valence-corrected chi connectivity index (χ1v) is 8.93. The van der Waals surface area contributed by atoms with E-state index in [4.69, 9.17) is 0 Å². The summed E-state index contributed by atoms with van der Waals surface area (Å²) in [7, 11) is 2.01. The molecule has 0 atom stereocenters. The van der Waals surface area contributed by atoms with Crippen LogP contribution in [0.15, 0.2) is 55.0 Å². The van der Waals surface area contributed by atoms with Gasteiger partial charge in [-0.15, -0.1) is 5.10 Å². The highest BCUT2D eigenvalue weighted by Gasteiger charge is 2.28. The minimum absolute atomic E-state index is 0.452. The average Bonchev–Trinajstić information content (AvgIpc) is 3.07. The molecule has 3 aromatic heterocycles. The van der Waals surface area contributed by atoms with Crippen LogP contribution in [0, 0.1) is 0 Å². The number of hydrogen-bond donors (Lipinski definition) is 2. The van der Waals surface area contributed by atoms with Gasteiger partial charge in [0.15, 0.2) is 0 Å². The average molecular weight is 344 g/mol. The molecule has 1 aliphatic rings. The molecule has 130 valence electrons. The van der Waals surface area contributed by atoms with Crippen LogP contribution in [0.25, 0.3) is 27.5 Å². The predicted molar refractivity (Wildman–Crippen MR) is 103 cm³/mol. The number of fused-ring (bicyclic) bond motifs is 2. The van der Waals surface area contributed by atoms with Crippen molar-refractivity contribution in [2.24, 2.45) is 0 Å². The molecule has 0 radical (unpaired) electrons. The summed E-state index contributed by atoms with van der Waals surface area (Å²) in [4.78, 5) is 8.91. The molecule has 1 fully saturated rings. The Morgan fingerprint density at radius 3 is 2.88 bits per heavy atom. The molecule has 3 heterocycles. The normalized spacial score (nSPS) is 19.6. The van der Waals surface area contributed by atoms with Crippen LogP contribution in [0.3, 0.4) is 0 Å². The zero-order chi connectivity index (χ0) is 17.5. The van der Waals surface area contributed by atoms with Gasteiger partial charge < -0.3 is 10.6 Å². The number of rotatable bonds is 4. The largest absolute Gasteiger partial charge is 0.350 e. The Labute approximate surface area is 151 Å². The molecule has 6 nitrogen and oxygen atoms in total. The van der Waals surface area contributed by atoms with Crippen molar-refractivity contribution in [2.75, 3.05) is 12.4 Å². The maximum atomic E-state index is 4.62.